The van der Waals surface area contributed by atoms with Crippen LogP contribution >= 0.6 is 0 Å². The fourth-order valence-electron chi connectivity index (χ4n) is 11.2. The van der Waals surface area contributed by atoms with Gasteiger partial charge in [-0.3, -0.25) is 14.4 Å². The van der Waals surface area contributed by atoms with Crippen LogP contribution in [0, 0.1) is 6.92 Å². The number of carbonyl (C=O) groups excluding carboxylic acids is 3. The normalized spacial score (nSPS) is 12.3. The largest absolute Gasteiger partial charge is 0.494 e. The molecule has 0 bridgehead atoms. The van der Waals surface area contributed by atoms with E-state index in [2.05, 4.69) is 13.8 Å². The molecule has 98 heavy (non-hydrogen) atoms. The van der Waals surface area contributed by atoms with E-state index in [0.29, 0.717) is 92.6 Å². The van der Waals surface area contributed by atoms with Crippen LogP contribution in [0.3, 0.4) is 0 Å². The van der Waals surface area contributed by atoms with E-state index in [4.69, 9.17) is 37.9 Å². The molecule has 0 saturated carbocycles. The zero-order valence-electron chi connectivity index (χ0n) is 56.6. The van der Waals surface area contributed by atoms with Crippen molar-refractivity contribution in [2.75, 3.05) is 52.9 Å². The summed E-state index contributed by atoms with van der Waals surface area (Å²) in [6, 6.07) is 65.5. The highest BCUT2D eigenvalue weighted by atomic mass is 16.5. The Bertz CT molecular complexity index is 3860. The smallest absolute Gasteiger partial charge is 0.196 e. The maximum Gasteiger partial charge on any atom is 0.196 e. The van der Waals surface area contributed by atoms with Gasteiger partial charge >= 0.3 is 0 Å². The molecule has 0 heterocycles. The fourth-order valence-corrected chi connectivity index (χ4v) is 11.2. The molecular weight excluding hydrogens is 1230 g/mol. The summed E-state index contributed by atoms with van der Waals surface area (Å²) in [6.07, 6.45) is 10.7. The van der Waals surface area contributed by atoms with Crippen LogP contribution in [0.15, 0.2) is 218 Å². The van der Waals surface area contributed by atoms with Gasteiger partial charge in [0.25, 0.3) is 0 Å². The maximum absolute atomic E-state index is 13.7. The Morgan fingerprint density at radius 3 is 1.09 bits per heavy atom. The van der Waals surface area contributed by atoms with E-state index in [1.54, 1.807) is 91.0 Å². The lowest BCUT2D eigenvalue weighted by Crippen LogP contribution is -2.25. The topological polar surface area (TPSA) is 186 Å². The number of aryl methyl sites for hydroxylation is 1. The Morgan fingerprint density at radius 1 is 0.306 bits per heavy atom. The SMILES string of the molecule is CCCCCCCCOc1ccc(C(=O)c2ccccc2OCC(O)COc2ccc(C(c3ccc(OCC(O)COc4cc(C)ccc4C(=O)c4ccccc4)cc3)c3ccc(OCC(O)COc4cc(OCCCCCCCC)ccc4C(=O)c4ccccc4)cc3)cc2)cc1. The van der Waals surface area contributed by atoms with Crippen molar-refractivity contribution >= 4 is 17.3 Å². The first kappa shape index (κ1) is 72.5. The number of aliphatic hydroxyl groups is 3. The number of para-hydroxylation sites is 1. The Morgan fingerprint density at radius 2 is 0.633 bits per heavy atom. The van der Waals surface area contributed by atoms with Crippen LogP contribution in [-0.2, 0) is 0 Å². The number of ketones is 3. The minimum atomic E-state index is -1.06. The Hall–Kier alpha value is -9.73. The van der Waals surface area contributed by atoms with Crippen LogP contribution in [0.25, 0.3) is 0 Å². The number of carbonyl (C=O) groups is 3. The number of benzene rings is 9. The predicted octanol–water partition coefficient (Wildman–Crippen LogP) is 16.8. The van der Waals surface area contributed by atoms with Gasteiger partial charge in [0.05, 0.1) is 29.9 Å². The first-order valence-electron chi connectivity index (χ1n) is 34.5. The molecular formula is C84H92O14. The van der Waals surface area contributed by atoms with Gasteiger partial charge in [0.2, 0.25) is 0 Å². The standard InChI is InChI=1S/C84H92O14/c1-4-6-8-10-12-22-50-91-70-45-37-66(38-46-70)84(90)75-28-20-21-29-78(75)96-57-67(85)54-93-71-39-31-61(32-40-71)81(62-33-41-72(42-34-62)94-55-68(86)58-97-79-52-60(3)30-48-76(79)82(88)64-24-16-14-17-25-64)63-35-43-73(44-36-63)95-56-69(87)59-98-80-53-74(92-51-23-13-11-9-7-5-2)47-49-77(80)83(89)65-26-18-15-19-27-65/h14-21,24-49,52-53,67-69,81,85-87H,4-13,22-23,50-51,54-59H2,1-3H3. The quantitative estimate of drug-likeness (QED) is 0.0186. The second kappa shape index (κ2) is 38.9. The molecule has 0 saturated heterocycles. The first-order valence-corrected chi connectivity index (χ1v) is 34.5. The minimum absolute atomic E-state index is 0.0739. The molecule has 0 aliphatic carbocycles. The molecule has 4 unspecified atom stereocenters. The minimum Gasteiger partial charge on any atom is -0.494 e. The number of rotatable bonds is 43. The molecule has 4 atom stereocenters. The average molecular weight is 1330 g/mol. The van der Waals surface area contributed by atoms with Crippen molar-refractivity contribution in [2.24, 2.45) is 0 Å². The van der Waals surface area contributed by atoms with Crippen molar-refractivity contribution in [1.29, 1.82) is 0 Å². The van der Waals surface area contributed by atoms with Gasteiger partial charge in [0.15, 0.2) is 17.3 Å². The molecule has 0 aliphatic heterocycles. The Labute approximate surface area is 577 Å². The molecule has 9 aromatic rings. The summed E-state index contributed by atoms with van der Waals surface area (Å²) in [5.74, 6) is 2.97. The van der Waals surface area contributed by atoms with Crippen LogP contribution < -0.4 is 37.9 Å². The van der Waals surface area contributed by atoms with Crippen molar-refractivity contribution in [3.63, 3.8) is 0 Å². The number of ether oxygens (including phenoxy) is 8. The van der Waals surface area contributed by atoms with Crippen molar-refractivity contribution in [2.45, 2.75) is 122 Å². The summed E-state index contributed by atoms with van der Waals surface area (Å²) in [5.41, 5.74) is 6.34. The third kappa shape index (κ3) is 22.4. The van der Waals surface area contributed by atoms with E-state index in [0.717, 1.165) is 54.4 Å². The van der Waals surface area contributed by atoms with Gasteiger partial charge in [-0.2, -0.15) is 0 Å². The molecule has 0 aliphatic rings. The Balaban J connectivity index is 0.831. The van der Waals surface area contributed by atoms with Gasteiger partial charge in [0, 0.05) is 28.7 Å². The molecule has 0 radical (unpaired) electrons. The fraction of sp³-hybridized carbons (Fsp3) is 0.321. The summed E-state index contributed by atoms with van der Waals surface area (Å²) in [7, 11) is 0. The second-order valence-corrected chi connectivity index (χ2v) is 24.6. The number of hydrogen-bond acceptors (Lipinski definition) is 14. The van der Waals surface area contributed by atoms with Crippen LogP contribution in [0.4, 0.5) is 0 Å². The highest BCUT2D eigenvalue weighted by Gasteiger charge is 2.23. The van der Waals surface area contributed by atoms with E-state index in [9.17, 15) is 29.7 Å². The monoisotopic (exact) mass is 1320 g/mol. The number of aliphatic hydroxyl groups excluding tert-OH is 3. The lowest BCUT2D eigenvalue weighted by Gasteiger charge is -2.21. The van der Waals surface area contributed by atoms with Gasteiger partial charge in [-0.1, -0.05) is 193 Å². The van der Waals surface area contributed by atoms with E-state index < -0.39 is 18.3 Å². The molecule has 14 nitrogen and oxygen atoms in total. The zero-order valence-corrected chi connectivity index (χ0v) is 56.6. The molecule has 9 aromatic carbocycles. The molecule has 0 spiro atoms. The Kier molecular flexibility index (Phi) is 28.8. The summed E-state index contributed by atoms with van der Waals surface area (Å²) in [6.45, 7) is 6.86. The third-order valence-corrected chi connectivity index (χ3v) is 16.7. The molecule has 14 heteroatoms. The molecule has 9 rings (SSSR count). The lowest BCUT2D eigenvalue weighted by molar-refractivity contribution is 0.0620. The highest BCUT2D eigenvalue weighted by molar-refractivity contribution is 6.12. The zero-order chi connectivity index (χ0) is 68.7. The third-order valence-electron chi connectivity index (χ3n) is 16.7. The van der Waals surface area contributed by atoms with E-state index in [1.165, 1.54) is 44.9 Å². The number of unbranched alkanes of at least 4 members (excludes halogenated alkanes) is 10. The van der Waals surface area contributed by atoms with Crippen molar-refractivity contribution in [1.82, 2.24) is 0 Å². The highest BCUT2D eigenvalue weighted by Crippen LogP contribution is 2.36. The van der Waals surface area contributed by atoms with E-state index in [1.807, 2.05) is 134 Å². The van der Waals surface area contributed by atoms with Crippen molar-refractivity contribution in [3.8, 4) is 46.0 Å². The van der Waals surface area contributed by atoms with Crippen LogP contribution in [-0.4, -0.2) is 104 Å². The van der Waals surface area contributed by atoms with E-state index >= 15 is 0 Å². The summed E-state index contributed by atoms with van der Waals surface area (Å²) in [5, 5.41) is 33.4. The molecule has 0 fully saturated rings. The summed E-state index contributed by atoms with van der Waals surface area (Å²) in [4.78, 5) is 40.9. The van der Waals surface area contributed by atoms with Crippen LogP contribution in [0.1, 0.15) is 167 Å². The van der Waals surface area contributed by atoms with Gasteiger partial charge in [-0.15, -0.1) is 0 Å². The average Bonchev–Trinajstić information content (AvgIpc) is 0.826. The second-order valence-electron chi connectivity index (χ2n) is 24.6. The molecule has 3 N–H and O–H groups in total. The maximum atomic E-state index is 13.7. The summed E-state index contributed by atoms with van der Waals surface area (Å²) < 4.78 is 48.6. The van der Waals surface area contributed by atoms with Crippen LogP contribution in [0.2, 0.25) is 0 Å². The molecule has 0 aromatic heterocycles. The van der Waals surface area contributed by atoms with Gasteiger partial charge in [-0.05, 0) is 139 Å². The van der Waals surface area contributed by atoms with Gasteiger partial charge < -0.3 is 53.2 Å². The molecule has 512 valence electrons. The number of hydrogen-bond donors (Lipinski definition) is 3. The predicted molar refractivity (Wildman–Crippen MR) is 383 cm³/mol. The van der Waals surface area contributed by atoms with Gasteiger partial charge in [0.1, 0.15) is 104 Å². The van der Waals surface area contributed by atoms with Crippen molar-refractivity contribution < 1.29 is 67.6 Å². The van der Waals surface area contributed by atoms with Gasteiger partial charge in [-0.25, -0.2) is 0 Å². The van der Waals surface area contributed by atoms with Crippen molar-refractivity contribution in [3.05, 3.63) is 274 Å². The van der Waals surface area contributed by atoms with E-state index in [-0.39, 0.29) is 62.9 Å². The summed E-state index contributed by atoms with van der Waals surface area (Å²) >= 11 is 0. The first-order chi connectivity index (χ1) is 47.9. The lowest BCUT2D eigenvalue weighted by atomic mass is 9.85. The van der Waals surface area contributed by atoms with Crippen LogP contribution in [0.5, 0.6) is 46.0 Å². The molecule has 0 amide bonds.